The number of hydrogen-bond acceptors (Lipinski definition) is 3. The van der Waals surface area contributed by atoms with Crippen LogP contribution in [0.2, 0.25) is 0 Å². The maximum Gasteiger partial charge on any atom is 0.275 e. The van der Waals surface area contributed by atoms with Gasteiger partial charge in [0, 0.05) is 26.0 Å². The van der Waals surface area contributed by atoms with Gasteiger partial charge in [-0.3, -0.25) is 14.7 Å². The van der Waals surface area contributed by atoms with E-state index in [1.54, 1.807) is 19.0 Å². The van der Waals surface area contributed by atoms with E-state index in [4.69, 9.17) is 0 Å². The minimum absolute atomic E-state index is 0.0703. The van der Waals surface area contributed by atoms with Gasteiger partial charge in [0.1, 0.15) is 6.54 Å². The summed E-state index contributed by atoms with van der Waals surface area (Å²) in [6.07, 6.45) is 0.787. The monoisotopic (exact) mass is 288 g/mol. The summed E-state index contributed by atoms with van der Waals surface area (Å²) in [5.74, 6) is -0.318. The molecule has 0 fully saturated rings. The molecule has 0 unspecified atom stereocenters. The van der Waals surface area contributed by atoms with Gasteiger partial charge in [-0.2, -0.15) is 5.10 Å². The number of aromatic nitrogens is 2. The van der Waals surface area contributed by atoms with E-state index in [9.17, 15) is 9.59 Å². The van der Waals surface area contributed by atoms with Crippen LogP contribution in [0.1, 0.15) is 23.8 Å². The van der Waals surface area contributed by atoms with Crippen molar-refractivity contribution in [3.8, 4) is 0 Å². The van der Waals surface area contributed by atoms with Gasteiger partial charge >= 0.3 is 0 Å². The number of likely N-dealkylation sites (N-methyl/N-ethyl adjacent to an activating group) is 1. The first-order valence-corrected chi connectivity index (χ1v) is 6.97. The van der Waals surface area contributed by atoms with E-state index >= 15 is 0 Å². The molecule has 2 amide bonds. The molecule has 6 heteroatoms. The highest BCUT2D eigenvalue weighted by Crippen LogP contribution is 2.17. The fourth-order valence-corrected chi connectivity index (χ4v) is 2.10. The first-order valence-electron chi connectivity index (χ1n) is 6.97. The lowest BCUT2D eigenvalue weighted by Gasteiger charge is -2.22. The summed E-state index contributed by atoms with van der Waals surface area (Å²) in [5.41, 5.74) is 1.18. The average Bonchev–Trinajstić information content (AvgIpc) is 2.89. The quantitative estimate of drug-likeness (QED) is 0.906. The highest BCUT2D eigenvalue weighted by Gasteiger charge is 2.22. The number of nitrogens with zero attached hydrogens (tertiary/aromatic N) is 3. The molecule has 0 aliphatic carbocycles. The van der Waals surface area contributed by atoms with Crippen molar-refractivity contribution in [3.63, 3.8) is 0 Å². The van der Waals surface area contributed by atoms with Crippen LogP contribution >= 0.6 is 0 Å². The fourth-order valence-electron chi connectivity index (χ4n) is 2.10. The average molecular weight is 288 g/mol. The number of aromatic amines is 1. The Morgan fingerprint density at radius 2 is 1.95 bits per heavy atom. The van der Waals surface area contributed by atoms with Gasteiger partial charge in [0.25, 0.3) is 5.91 Å². The molecule has 0 saturated heterocycles. The zero-order chi connectivity index (χ0) is 15.4. The zero-order valence-electron chi connectivity index (χ0n) is 12.6. The van der Waals surface area contributed by atoms with E-state index in [0.29, 0.717) is 12.2 Å². The second-order valence-corrected chi connectivity index (χ2v) is 5.13. The number of fused-ring (bicyclic) bond motifs is 1. The number of carbonyl (C=O) groups is 2. The summed E-state index contributed by atoms with van der Waals surface area (Å²) in [6.45, 7) is 2.57. The lowest BCUT2D eigenvalue weighted by atomic mass is 10.2. The second-order valence-electron chi connectivity index (χ2n) is 5.13. The Hall–Kier alpha value is -2.37. The molecule has 6 nitrogen and oxygen atoms in total. The van der Waals surface area contributed by atoms with Crippen molar-refractivity contribution in [1.29, 1.82) is 0 Å². The summed E-state index contributed by atoms with van der Waals surface area (Å²) in [5, 5.41) is 7.74. The van der Waals surface area contributed by atoms with Crippen molar-refractivity contribution in [1.82, 2.24) is 20.0 Å². The number of rotatable bonds is 5. The topological polar surface area (TPSA) is 69.3 Å². The van der Waals surface area contributed by atoms with E-state index in [2.05, 4.69) is 10.2 Å². The van der Waals surface area contributed by atoms with E-state index in [1.807, 2.05) is 31.2 Å². The Morgan fingerprint density at radius 1 is 1.24 bits per heavy atom. The predicted octanol–water partition coefficient (Wildman–Crippen LogP) is 1.50. The zero-order valence-corrected chi connectivity index (χ0v) is 12.6. The second kappa shape index (κ2) is 6.39. The number of hydrogen-bond donors (Lipinski definition) is 1. The Labute approximate surface area is 123 Å². The van der Waals surface area contributed by atoms with Crippen LogP contribution in [0, 0.1) is 0 Å². The van der Waals surface area contributed by atoms with Crippen LogP contribution in [-0.2, 0) is 4.79 Å². The number of amides is 2. The van der Waals surface area contributed by atoms with Crippen LogP contribution < -0.4 is 0 Å². The molecular formula is C15H20N4O2. The van der Waals surface area contributed by atoms with Crippen LogP contribution in [0.4, 0.5) is 0 Å². The first-order chi connectivity index (χ1) is 10.0. The summed E-state index contributed by atoms with van der Waals surface area (Å²) < 4.78 is 0. The number of H-pyrrole nitrogens is 1. The van der Waals surface area contributed by atoms with E-state index in [0.717, 1.165) is 17.3 Å². The molecule has 2 rings (SSSR count). The van der Waals surface area contributed by atoms with Crippen molar-refractivity contribution in [2.24, 2.45) is 0 Å². The molecule has 1 N–H and O–H groups in total. The smallest absolute Gasteiger partial charge is 0.275 e. The van der Waals surface area contributed by atoms with Crippen LogP contribution in [0.15, 0.2) is 24.3 Å². The molecule has 112 valence electrons. The van der Waals surface area contributed by atoms with Crippen molar-refractivity contribution in [2.75, 3.05) is 27.2 Å². The summed E-state index contributed by atoms with van der Waals surface area (Å²) in [4.78, 5) is 27.5. The van der Waals surface area contributed by atoms with Gasteiger partial charge in [-0.1, -0.05) is 25.1 Å². The van der Waals surface area contributed by atoms with Gasteiger partial charge in [-0.25, -0.2) is 0 Å². The lowest BCUT2D eigenvalue weighted by Crippen LogP contribution is -2.40. The van der Waals surface area contributed by atoms with Gasteiger partial charge in [0.15, 0.2) is 5.69 Å². The molecule has 0 spiro atoms. The molecule has 1 heterocycles. The molecule has 1 aromatic carbocycles. The van der Waals surface area contributed by atoms with Crippen LogP contribution in [-0.4, -0.2) is 59.0 Å². The van der Waals surface area contributed by atoms with Crippen LogP contribution in [0.25, 0.3) is 10.9 Å². The van der Waals surface area contributed by atoms with Gasteiger partial charge in [-0.05, 0) is 12.5 Å². The van der Waals surface area contributed by atoms with Crippen molar-refractivity contribution in [3.05, 3.63) is 30.0 Å². The molecule has 2 aromatic rings. The Morgan fingerprint density at radius 3 is 2.62 bits per heavy atom. The maximum atomic E-state index is 12.6. The third kappa shape index (κ3) is 3.21. The molecule has 0 radical (unpaired) electrons. The minimum Gasteiger partial charge on any atom is -0.347 e. The third-order valence-corrected chi connectivity index (χ3v) is 3.28. The van der Waals surface area contributed by atoms with Gasteiger partial charge in [-0.15, -0.1) is 0 Å². The number of para-hydroxylation sites is 1. The Balaban J connectivity index is 2.27. The van der Waals surface area contributed by atoms with Gasteiger partial charge < -0.3 is 9.80 Å². The Bertz CT molecular complexity index is 648. The maximum absolute atomic E-state index is 12.6. The van der Waals surface area contributed by atoms with E-state index in [-0.39, 0.29) is 18.4 Å². The van der Waals surface area contributed by atoms with Crippen molar-refractivity contribution >= 4 is 22.7 Å². The summed E-state index contributed by atoms with van der Waals surface area (Å²) >= 11 is 0. The summed E-state index contributed by atoms with van der Waals surface area (Å²) in [7, 11) is 3.36. The van der Waals surface area contributed by atoms with E-state index in [1.165, 1.54) is 4.90 Å². The molecule has 0 aliphatic heterocycles. The normalized spacial score (nSPS) is 10.6. The molecule has 1 aromatic heterocycles. The highest BCUT2D eigenvalue weighted by atomic mass is 16.2. The molecule has 0 atom stereocenters. The molecule has 0 aliphatic rings. The number of carbonyl (C=O) groups excluding carboxylic acids is 2. The van der Waals surface area contributed by atoms with E-state index < -0.39 is 0 Å². The number of nitrogens with one attached hydrogen (secondary N) is 1. The molecule has 0 bridgehead atoms. The van der Waals surface area contributed by atoms with Crippen LogP contribution in [0.5, 0.6) is 0 Å². The van der Waals surface area contributed by atoms with Crippen molar-refractivity contribution < 1.29 is 9.59 Å². The SMILES string of the molecule is CCCN(CC(=O)N(C)C)C(=O)c1n[nH]c2ccccc12. The predicted molar refractivity (Wildman–Crippen MR) is 81.0 cm³/mol. The minimum atomic E-state index is -0.218. The largest absolute Gasteiger partial charge is 0.347 e. The number of benzene rings is 1. The third-order valence-electron chi connectivity index (χ3n) is 3.28. The molecular weight excluding hydrogens is 268 g/mol. The molecule has 21 heavy (non-hydrogen) atoms. The first kappa shape index (κ1) is 15.0. The highest BCUT2D eigenvalue weighted by molar-refractivity contribution is 6.05. The standard InChI is InChI=1S/C15H20N4O2/c1-4-9-19(10-13(20)18(2)3)15(21)14-11-7-5-6-8-12(11)16-17-14/h5-8H,4,9-10H2,1-3H3,(H,16,17). The lowest BCUT2D eigenvalue weighted by molar-refractivity contribution is -0.129. The fraction of sp³-hybridized carbons (Fsp3) is 0.400. The summed E-state index contributed by atoms with van der Waals surface area (Å²) in [6, 6.07) is 7.47. The van der Waals surface area contributed by atoms with Gasteiger partial charge in [0.05, 0.1) is 5.52 Å². The Kier molecular flexibility index (Phi) is 4.57. The van der Waals surface area contributed by atoms with Crippen molar-refractivity contribution in [2.45, 2.75) is 13.3 Å². The molecule has 0 saturated carbocycles. The van der Waals surface area contributed by atoms with Gasteiger partial charge in [0.2, 0.25) is 5.91 Å². The van der Waals surface area contributed by atoms with Crippen LogP contribution in [0.3, 0.4) is 0 Å².